The minimum atomic E-state index is -0.292. The summed E-state index contributed by atoms with van der Waals surface area (Å²) in [6.07, 6.45) is 0. The van der Waals surface area contributed by atoms with Gasteiger partial charge in [-0.25, -0.2) is 0 Å². The number of H-pyrrole nitrogens is 1. The van der Waals surface area contributed by atoms with Gasteiger partial charge >= 0.3 is 0 Å². The number of nitrogens with one attached hydrogen (secondary N) is 2. The number of carbonyl (C=O) groups is 1. The van der Waals surface area contributed by atoms with Gasteiger partial charge in [-0.15, -0.1) is 0 Å². The number of carbonyl (C=O) groups excluding carboxylic acids is 1. The first kappa shape index (κ1) is 18.3. The highest BCUT2D eigenvalue weighted by atomic mass is 79.9. The number of nitrogens with zero attached hydrogens (tertiary/aromatic N) is 3. The van der Waals surface area contributed by atoms with Crippen molar-refractivity contribution in [2.45, 2.75) is 20.4 Å². The van der Waals surface area contributed by atoms with E-state index in [4.69, 9.17) is 0 Å². The molecule has 6 nitrogen and oxygen atoms in total. The monoisotopic (exact) mass is 529 g/mol. The summed E-state index contributed by atoms with van der Waals surface area (Å²) in [5.41, 5.74) is 4.06. The smallest absolute Gasteiger partial charge is 0.277 e. The van der Waals surface area contributed by atoms with E-state index in [0.717, 1.165) is 21.4 Å². The van der Waals surface area contributed by atoms with E-state index in [-0.39, 0.29) is 5.91 Å². The van der Waals surface area contributed by atoms with E-state index in [1.165, 1.54) is 0 Å². The molecule has 2 heterocycles. The Bertz CT molecular complexity index is 947. The minimum Gasteiger partial charge on any atom is -0.321 e. The number of amides is 1. The SMILES string of the molecule is Cc1nn(Cc2cccc(NC(=O)c3n[nH]c(Br)c3Br)c2)c(C)c1Br. The highest BCUT2D eigenvalue weighted by Crippen LogP contribution is 2.25. The predicted molar refractivity (Wildman–Crippen MR) is 107 cm³/mol. The van der Waals surface area contributed by atoms with Crippen LogP contribution >= 0.6 is 47.8 Å². The molecule has 0 unspecified atom stereocenters. The topological polar surface area (TPSA) is 75.6 Å². The Morgan fingerprint density at radius 1 is 1.24 bits per heavy atom. The van der Waals surface area contributed by atoms with Crippen LogP contribution in [0, 0.1) is 13.8 Å². The van der Waals surface area contributed by atoms with E-state index in [1.807, 2.05) is 42.8 Å². The van der Waals surface area contributed by atoms with Gasteiger partial charge in [-0.1, -0.05) is 12.1 Å². The molecule has 25 heavy (non-hydrogen) atoms. The lowest BCUT2D eigenvalue weighted by molar-refractivity contribution is 0.102. The van der Waals surface area contributed by atoms with Crippen molar-refractivity contribution in [2.24, 2.45) is 0 Å². The molecule has 0 saturated heterocycles. The molecule has 0 bridgehead atoms. The average Bonchev–Trinajstić information content (AvgIpc) is 3.03. The fraction of sp³-hybridized carbons (Fsp3) is 0.188. The molecule has 130 valence electrons. The van der Waals surface area contributed by atoms with Gasteiger partial charge in [0, 0.05) is 5.69 Å². The van der Waals surface area contributed by atoms with Crippen molar-refractivity contribution >= 4 is 59.4 Å². The maximum absolute atomic E-state index is 12.4. The van der Waals surface area contributed by atoms with Crippen LogP contribution in [0.25, 0.3) is 0 Å². The zero-order chi connectivity index (χ0) is 18.1. The summed E-state index contributed by atoms with van der Waals surface area (Å²) in [5, 5.41) is 14.1. The molecule has 0 spiro atoms. The van der Waals surface area contributed by atoms with Gasteiger partial charge in [0.05, 0.1) is 26.9 Å². The van der Waals surface area contributed by atoms with Crippen LogP contribution in [0.2, 0.25) is 0 Å². The summed E-state index contributed by atoms with van der Waals surface area (Å²) < 4.78 is 4.17. The number of aromatic nitrogens is 4. The summed E-state index contributed by atoms with van der Waals surface area (Å²) in [6, 6.07) is 7.67. The Labute approximate surface area is 169 Å². The first-order valence-corrected chi connectivity index (χ1v) is 9.74. The highest BCUT2D eigenvalue weighted by Gasteiger charge is 2.17. The number of rotatable bonds is 4. The number of benzene rings is 1. The third kappa shape index (κ3) is 3.88. The molecule has 1 aromatic carbocycles. The normalized spacial score (nSPS) is 10.9. The summed E-state index contributed by atoms with van der Waals surface area (Å²) in [5.74, 6) is -0.292. The highest BCUT2D eigenvalue weighted by molar-refractivity contribution is 9.13. The average molecular weight is 532 g/mol. The van der Waals surface area contributed by atoms with Crippen molar-refractivity contribution in [1.82, 2.24) is 20.0 Å². The number of hydrogen-bond acceptors (Lipinski definition) is 3. The maximum atomic E-state index is 12.4. The molecular formula is C16H14Br3N5O. The molecule has 0 aliphatic rings. The van der Waals surface area contributed by atoms with Crippen LogP contribution in [0.3, 0.4) is 0 Å². The third-order valence-corrected chi connectivity index (χ3v) is 6.72. The Morgan fingerprint density at radius 2 is 2.00 bits per heavy atom. The molecule has 1 amide bonds. The molecule has 0 aliphatic carbocycles. The van der Waals surface area contributed by atoms with Gasteiger partial charge in [-0.3, -0.25) is 14.6 Å². The standard InChI is InChI=1S/C16H14Br3N5O/c1-8-12(17)9(2)24(23-8)7-10-4-3-5-11(6-10)20-16(25)14-13(18)15(19)22-21-14/h3-6H,7H2,1-2H3,(H,20,25)(H,21,22). The Hall–Kier alpha value is -1.45. The molecular weight excluding hydrogens is 518 g/mol. The molecule has 2 N–H and O–H groups in total. The van der Waals surface area contributed by atoms with Gasteiger partial charge in [-0.2, -0.15) is 10.2 Å². The molecule has 0 atom stereocenters. The summed E-state index contributed by atoms with van der Waals surface area (Å²) in [4.78, 5) is 12.4. The predicted octanol–water partition coefficient (Wildman–Crippen LogP) is 4.81. The van der Waals surface area contributed by atoms with E-state index < -0.39 is 0 Å². The quantitative estimate of drug-likeness (QED) is 0.507. The maximum Gasteiger partial charge on any atom is 0.277 e. The largest absolute Gasteiger partial charge is 0.321 e. The molecule has 3 aromatic rings. The lowest BCUT2D eigenvalue weighted by Gasteiger charge is -2.08. The molecule has 3 rings (SSSR count). The Balaban J connectivity index is 1.78. The van der Waals surface area contributed by atoms with Crippen molar-refractivity contribution in [3.8, 4) is 0 Å². The van der Waals surface area contributed by atoms with E-state index in [0.29, 0.717) is 27.0 Å². The van der Waals surface area contributed by atoms with Crippen molar-refractivity contribution < 1.29 is 4.79 Å². The Morgan fingerprint density at radius 3 is 2.60 bits per heavy atom. The fourth-order valence-corrected chi connectivity index (χ4v) is 3.32. The van der Waals surface area contributed by atoms with Gasteiger partial charge in [0.25, 0.3) is 5.91 Å². The molecule has 0 fully saturated rings. The first-order valence-electron chi connectivity index (χ1n) is 7.36. The van der Waals surface area contributed by atoms with Crippen LogP contribution in [0.15, 0.2) is 37.8 Å². The summed E-state index contributed by atoms with van der Waals surface area (Å²) >= 11 is 10.1. The number of aryl methyl sites for hydroxylation is 1. The number of halogens is 3. The number of hydrogen-bond donors (Lipinski definition) is 2. The molecule has 0 saturated carbocycles. The second-order valence-electron chi connectivity index (χ2n) is 5.50. The van der Waals surface area contributed by atoms with Crippen molar-refractivity contribution in [3.05, 3.63) is 60.5 Å². The van der Waals surface area contributed by atoms with Crippen LogP contribution < -0.4 is 5.32 Å². The number of anilines is 1. The van der Waals surface area contributed by atoms with Crippen molar-refractivity contribution in [2.75, 3.05) is 5.32 Å². The molecule has 0 aliphatic heterocycles. The van der Waals surface area contributed by atoms with Gasteiger partial charge in [-0.05, 0) is 79.3 Å². The van der Waals surface area contributed by atoms with Crippen LogP contribution in [0.4, 0.5) is 5.69 Å². The Kier molecular flexibility index (Phi) is 5.45. The van der Waals surface area contributed by atoms with E-state index in [9.17, 15) is 4.79 Å². The number of aromatic amines is 1. The van der Waals surface area contributed by atoms with Gasteiger partial charge in [0.15, 0.2) is 5.69 Å². The molecule has 2 aromatic heterocycles. The van der Waals surface area contributed by atoms with E-state index >= 15 is 0 Å². The summed E-state index contributed by atoms with van der Waals surface area (Å²) in [6.45, 7) is 4.60. The lowest BCUT2D eigenvalue weighted by Crippen LogP contribution is -2.13. The zero-order valence-corrected chi connectivity index (χ0v) is 18.2. The fourth-order valence-electron chi connectivity index (χ4n) is 2.40. The van der Waals surface area contributed by atoms with Gasteiger partial charge < -0.3 is 5.32 Å². The summed E-state index contributed by atoms with van der Waals surface area (Å²) in [7, 11) is 0. The zero-order valence-electron chi connectivity index (χ0n) is 13.4. The minimum absolute atomic E-state index is 0.291. The first-order chi connectivity index (χ1) is 11.9. The van der Waals surface area contributed by atoms with Crippen LogP contribution in [-0.2, 0) is 6.54 Å². The second-order valence-corrected chi connectivity index (χ2v) is 7.88. The van der Waals surface area contributed by atoms with Crippen LogP contribution in [-0.4, -0.2) is 25.9 Å². The van der Waals surface area contributed by atoms with Crippen LogP contribution in [0.5, 0.6) is 0 Å². The second kappa shape index (κ2) is 7.43. The molecule has 0 radical (unpaired) electrons. The van der Waals surface area contributed by atoms with Crippen LogP contribution in [0.1, 0.15) is 27.4 Å². The van der Waals surface area contributed by atoms with E-state index in [1.54, 1.807) is 0 Å². The van der Waals surface area contributed by atoms with Gasteiger partial charge in [0.2, 0.25) is 0 Å². The van der Waals surface area contributed by atoms with Crippen molar-refractivity contribution in [3.63, 3.8) is 0 Å². The van der Waals surface area contributed by atoms with Crippen molar-refractivity contribution in [1.29, 1.82) is 0 Å². The lowest BCUT2D eigenvalue weighted by atomic mass is 10.2. The molecule has 9 heteroatoms. The van der Waals surface area contributed by atoms with Gasteiger partial charge in [0.1, 0.15) is 4.60 Å². The van der Waals surface area contributed by atoms with E-state index in [2.05, 4.69) is 68.4 Å². The third-order valence-electron chi connectivity index (χ3n) is 3.69.